The van der Waals surface area contributed by atoms with Gasteiger partial charge in [-0.3, -0.25) is 19.2 Å². The van der Waals surface area contributed by atoms with Crippen molar-refractivity contribution in [2.24, 2.45) is 0 Å². The Kier molecular flexibility index (Phi) is 14.8. The molecule has 280 valence electrons. The van der Waals surface area contributed by atoms with Crippen LogP contribution in [0, 0.1) is 0 Å². The van der Waals surface area contributed by atoms with Crippen molar-refractivity contribution < 1.29 is 78.6 Å². The zero-order chi connectivity index (χ0) is 36.7. The van der Waals surface area contributed by atoms with Crippen LogP contribution in [-0.4, -0.2) is 183 Å². The van der Waals surface area contributed by atoms with Crippen molar-refractivity contribution >= 4 is 23.6 Å². The summed E-state index contributed by atoms with van der Waals surface area (Å²) in [6, 6.07) is -4.26. The first-order chi connectivity index (χ1) is 23.1. The quantitative estimate of drug-likeness (QED) is 0.0797. The molecule has 4 amide bonds. The van der Waals surface area contributed by atoms with Crippen LogP contribution in [0.2, 0.25) is 0 Å². The summed E-state index contributed by atoms with van der Waals surface area (Å²) >= 11 is 0. The van der Waals surface area contributed by atoms with E-state index in [1.807, 2.05) is 0 Å². The molecule has 20 heteroatoms. The number of aliphatic hydroxyl groups is 7. The first kappa shape index (κ1) is 40.6. The second-order valence-corrected chi connectivity index (χ2v) is 12.0. The van der Waals surface area contributed by atoms with E-state index in [9.17, 15) is 54.9 Å². The largest absolute Gasteiger partial charge is 0.394 e. The van der Waals surface area contributed by atoms with Gasteiger partial charge in [-0.1, -0.05) is 6.08 Å². The van der Waals surface area contributed by atoms with Gasteiger partial charge in [0.1, 0.15) is 73.1 Å². The summed E-state index contributed by atoms with van der Waals surface area (Å²) in [6.45, 7) is 5.80. The second kappa shape index (κ2) is 17.9. The van der Waals surface area contributed by atoms with Crippen molar-refractivity contribution in [3.8, 4) is 0 Å². The molecule has 10 N–H and O–H groups in total. The Morgan fingerprint density at radius 2 is 1.06 bits per heavy atom. The highest BCUT2D eigenvalue weighted by atomic mass is 16.7. The van der Waals surface area contributed by atoms with Gasteiger partial charge in [0, 0.05) is 34.2 Å². The van der Waals surface area contributed by atoms with E-state index in [4.69, 9.17) is 23.7 Å². The number of hydrogen-bond donors (Lipinski definition) is 10. The summed E-state index contributed by atoms with van der Waals surface area (Å²) in [7, 11) is 0. The van der Waals surface area contributed by atoms with E-state index < -0.39 is 135 Å². The van der Waals surface area contributed by atoms with Crippen LogP contribution in [0.1, 0.15) is 27.7 Å². The molecule has 0 bridgehead atoms. The normalized spacial score (nSPS) is 39.4. The summed E-state index contributed by atoms with van der Waals surface area (Å²) in [4.78, 5) is 49.9. The van der Waals surface area contributed by atoms with Crippen LogP contribution in [0.25, 0.3) is 0 Å². The molecule has 0 aromatic carbocycles. The predicted octanol–water partition coefficient (Wildman–Crippen LogP) is -6.10. The second-order valence-electron chi connectivity index (χ2n) is 12.0. The van der Waals surface area contributed by atoms with Gasteiger partial charge in [0.05, 0.1) is 19.8 Å². The van der Waals surface area contributed by atoms with Gasteiger partial charge in [-0.25, -0.2) is 0 Å². The zero-order valence-corrected chi connectivity index (χ0v) is 27.5. The highest BCUT2D eigenvalue weighted by Gasteiger charge is 2.55. The zero-order valence-electron chi connectivity index (χ0n) is 27.5. The van der Waals surface area contributed by atoms with Gasteiger partial charge in [-0.2, -0.15) is 0 Å². The van der Waals surface area contributed by atoms with E-state index in [2.05, 4.69) is 22.5 Å². The molecule has 3 aliphatic heterocycles. The molecule has 15 atom stereocenters. The molecule has 0 spiro atoms. The molecule has 0 unspecified atom stereocenters. The van der Waals surface area contributed by atoms with Gasteiger partial charge in [0.15, 0.2) is 18.8 Å². The van der Waals surface area contributed by atoms with E-state index in [-0.39, 0.29) is 6.54 Å². The molecule has 49 heavy (non-hydrogen) atoms. The van der Waals surface area contributed by atoms with E-state index in [1.165, 1.54) is 17.9 Å². The van der Waals surface area contributed by atoms with Gasteiger partial charge < -0.3 is 80.3 Å². The van der Waals surface area contributed by atoms with Crippen LogP contribution in [0.15, 0.2) is 12.7 Å². The highest BCUT2D eigenvalue weighted by molar-refractivity contribution is 5.75. The van der Waals surface area contributed by atoms with E-state index in [0.29, 0.717) is 0 Å². The van der Waals surface area contributed by atoms with Gasteiger partial charge in [0.2, 0.25) is 23.6 Å². The molecule has 3 aliphatic rings. The minimum absolute atomic E-state index is 0.0445. The summed E-state index contributed by atoms with van der Waals surface area (Å²) in [6.07, 6.45) is -17.4. The Hall–Kier alpha value is -2.86. The average molecular weight is 709 g/mol. The van der Waals surface area contributed by atoms with Gasteiger partial charge >= 0.3 is 0 Å². The lowest BCUT2D eigenvalue weighted by atomic mass is 9.93. The third kappa shape index (κ3) is 9.48. The number of rotatable bonds is 13. The van der Waals surface area contributed by atoms with E-state index in [0.717, 1.165) is 20.8 Å². The Balaban J connectivity index is 1.95. The molecule has 0 saturated carbocycles. The average Bonchev–Trinajstić information content (AvgIpc) is 3.03. The smallest absolute Gasteiger partial charge is 0.221 e. The SMILES string of the molecule is C=CCN(C(C)=O)[C@@H]1O[C@H](CO)[C@@H](O[C@@H]2O[C@H](CO)[C@@H](O[C@@H]3O[C@H](CO)[C@@H](O)[C@H](O)[C@H]3NC(C)=O)[C@H](O)[C@H]2NC(C)=O)[C@H](O)[C@H]1NC(C)=O. The van der Waals surface area contributed by atoms with Crippen LogP contribution >= 0.6 is 0 Å². The Morgan fingerprint density at radius 3 is 1.49 bits per heavy atom. The lowest BCUT2D eigenvalue weighted by molar-refractivity contribution is -0.348. The number of carbonyl (C=O) groups is 4. The van der Waals surface area contributed by atoms with Crippen molar-refractivity contribution in [2.45, 2.75) is 120 Å². The van der Waals surface area contributed by atoms with Crippen LogP contribution < -0.4 is 16.0 Å². The van der Waals surface area contributed by atoms with Crippen LogP contribution in [0.3, 0.4) is 0 Å². The number of carbonyl (C=O) groups excluding carboxylic acids is 4. The van der Waals surface area contributed by atoms with Crippen molar-refractivity contribution in [2.75, 3.05) is 26.4 Å². The van der Waals surface area contributed by atoms with Gasteiger partial charge in [0.25, 0.3) is 0 Å². The number of amides is 4. The van der Waals surface area contributed by atoms with E-state index >= 15 is 0 Å². The number of hydrogen-bond acceptors (Lipinski definition) is 16. The number of ether oxygens (including phenoxy) is 5. The lowest BCUT2D eigenvalue weighted by Crippen LogP contribution is -2.72. The fourth-order valence-corrected chi connectivity index (χ4v) is 6.09. The maximum atomic E-state index is 12.4. The summed E-state index contributed by atoms with van der Waals surface area (Å²) in [5.41, 5.74) is 0. The first-order valence-corrected chi connectivity index (χ1v) is 15.6. The molecule has 0 aliphatic carbocycles. The summed E-state index contributed by atoms with van der Waals surface area (Å²) in [5, 5.41) is 81.6. The molecule has 3 saturated heterocycles. The van der Waals surface area contributed by atoms with Crippen LogP contribution in [-0.2, 0) is 42.9 Å². The van der Waals surface area contributed by atoms with Gasteiger partial charge in [-0.15, -0.1) is 6.58 Å². The number of nitrogens with one attached hydrogen (secondary N) is 3. The monoisotopic (exact) mass is 708 g/mol. The molecule has 0 aromatic heterocycles. The first-order valence-electron chi connectivity index (χ1n) is 15.6. The fourth-order valence-electron chi connectivity index (χ4n) is 6.09. The maximum Gasteiger partial charge on any atom is 0.221 e. The Bertz CT molecular complexity index is 1170. The van der Waals surface area contributed by atoms with Crippen LogP contribution in [0.4, 0.5) is 0 Å². The molecule has 20 nitrogen and oxygen atoms in total. The highest BCUT2D eigenvalue weighted by Crippen LogP contribution is 2.33. The van der Waals surface area contributed by atoms with Crippen molar-refractivity contribution in [1.82, 2.24) is 20.9 Å². The third-order valence-corrected chi connectivity index (χ3v) is 8.34. The number of nitrogens with zero attached hydrogens (tertiary/aromatic N) is 1. The fraction of sp³-hybridized carbons (Fsp3) is 0.793. The Morgan fingerprint density at radius 1 is 0.653 bits per heavy atom. The molecule has 0 radical (unpaired) electrons. The van der Waals surface area contributed by atoms with Crippen LogP contribution in [0.5, 0.6) is 0 Å². The molecule has 3 rings (SSSR count). The minimum Gasteiger partial charge on any atom is -0.394 e. The summed E-state index contributed by atoms with van der Waals surface area (Å²) in [5.74, 6) is -2.45. The van der Waals surface area contributed by atoms with Crippen molar-refractivity contribution in [3.63, 3.8) is 0 Å². The van der Waals surface area contributed by atoms with Gasteiger partial charge in [-0.05, 0) is 0 Å². The predicted molar refractivity (Wildman–Crippen MR) is 161 cm³/mol. The maximum absolute atomic E-state index is 12.4. The van der Waals surface area contributed by atoms with Crippen molar-refractivity contribution in [1.29, 1.82) is 0 Å². The van der Waals surface area contributed by atoms with Crippen molar-refractivity contribution in [3.05, 3.63) is 12.7 Å². The number of aliphatic hydroxyl groups excluding tert-OH is 7. The molecule has 3 fully saturated rings. The lowest BCUT2D eigenvalue weighted by Gasteiger charge is -2.51. The standard InChI is InChI=1S/C29H48N4O16/c1-6-7-33(14(5)40)27-18(30-11(2)37)23(43)25(16(9-35)45-27)48-29-20(32-13(4)39)24(44)26(17(10-36)47-29)49-28-19(31-12(3)38)22(42)21(41)15(8-34)46-28/h6,15-29,34-36,41-44H,1,7-10H2,2-5H3,(H,30,37)(H,31,38)(H,32,39)/t15-,16-,17-,18-,19-,20-,21-,22-,23-,24-,25-,26-,27-,28+,29+/m1/s1. The van der Waals surface area contributed by atoms with E-state index in [1.54, 1.807) is 0 Å². The molecule has 3 heterocycles. The molecular formula is C29H48N4O16. The Labute approximate surface area is 281 Å². The minimum atomic E-state index is -1.80. The summed E-state index contributed by atoms with van der Waals surface area (Å²) < 4.78 is 29.4. The topological polar surface area (TPSA) is 295 Å². The molecule has 0 aromatic rings. The molecular weight excluding hydrogens is 660 g/mol. The third-order valence-electron chi connectivity index (χ3n) is 8.34.